The minimum Gasteiger partial charge on any atom is -0.480 e. The average Bonchev–Trinajstić information content (AvgIpc) is 3.21. The smallest absolute Gasteiger partial charge is 0.415 e. The van der Waals surface area contributed by atoms with Crippen molar-refractivity contribution in [2.45, 2.75) is 37.2 Å². The molecule has 0 aliphatic rings. The molecule has 0 saturated carbocycles. The molecule has 0 aliphatic heterocycles. The summed E-state index contributed by atoms with van der Waals surface area (Å²) in [7, 11) is 0. The lowest BCUT2D eigenvalue weighted by molar-refractivity contribution is -0.138. The molecule has 6 aromatic carbocycles. The van der Waals surface area contributed by atoms with E-state index in [1.54, 1.807) is 81.4 Å². The first kappa shape index (κ1) is 39.2. The van der Waals surface area contributed by atoms with Crippen LogP contribution in [0.25, 0.3) is 0 Å². The van der Waals surface area contributed by atoms with Crippen LogP contribution in [0.3, 0.4) is 0 Å². The summed E-state index contributed by atoms with van der Waals surface area (Å²) in [6, 6.07) is 49.6. The Hall–Kier alpha value is -6.45. The molecule has 0 saturated heterocycles. The zero-order chi connectivity index (χ0) is 39.7. The lowest BCUT2D eigenvalue weighted by atomic mass is 9.84. The Balaban J connectivity index is 1.49. The number of amides is 2. The second-order valence-electron chi connectivity index (χ2n) is 14.0. The lowest BCUT2D eigenvalue weighted by Gasteiger charge is -2.38. The van der Waals surface area contributed by atoms with Gasteiger partial charge in [0, 0.05) is 28.1 Å². The van der Waals surface area contributed by atoms with Crippen LogP contribution in [-0.4, -0.2) is 46.3 Å². The molecule has 2 amide bonds. The third kappa shape index (κ3) is 8.91. The number of hydrogen-bond donors (Lipinski definition) is 2. The quantitative estimate of drug-likeness (QED) is 0.0890. The van der Waals surface area contributed by atoms with E-state index in [2.05, 4.69) is 5.32 Å². The molecule has 0 bridgehead atoms. The van der Waals surface area contributed by atoms with Crippen molar-refractivity contribution in [3.63, 3.8) is 0 Å². The lowest BCUT2D eigenvalue weighted by Crippen LogP contribution is -2.49. The number of thioether (sulfide) groups is 1. The second kappa shape index (κ2) is 17.3. The van der Waals surface area contributed by atoms with Crippen LogP contribution in [0, 0.1) is 0 Å². The van der Waals surface area contributed by atoms with Gasteiger partial charge in [-0.05, 0) is 67.8 Å². The summed E-state index contributed by atoms with van der Waals surface area (Å²) >= 11 is 1.39. The molecule has 0 aromatic heterocycles. The highest BCUT2D eigenvalue weighted by Gasteiger charge is 2.41. The van der Waals surface area contributed by atoms with Crippen molar-refractivity contribution in [1.82, 2.24) is 0 Å². The molecule has 6 aromatic rings. The standard InChI is InChI=1S/C47H42N2O6S/c1-46(2,3)55-45(54)49(38-29-30-40(48-43(51)34-21-11-5-12-22-34)39(31-38)42(50)33-19-9-4-10-20-33)41(44(52)53)32-56-47(35-23-13-6-14-24-35,36-25-15-7-16-26-36)37-27-17-8-18-28-37/h4-31,41H,32H2,1-3H3,(H,48,51)(H,52,53)/t41-/m0/s1. The molecule has 8 nitrogen and oxygen atoms in total. The predicted octanol–water partition coefficient (Wildman–Crippen LogP) is 10.1. The first-order valence-electron chi connectivity index (χ1n) is 18.1. The number of carboxylic acid groups (broad SMARTS) is 1. The van der Waals surface area contributed by atoms with Crippen molar-refractivity contribution in [2.75, 3.05) is 16.0 Å². The highest BCUT2D eigenvalue weighted by Crippen LogP contribution is 2.49. The van der Waals surface area contributed by atoms with Crippen LogP contribution < -0.4 is 10.2 Å². The monoisotopic (exact) mass is 762 g/mol. The number of ketones is 1. The van der Waals surface area contributed by atoms with Crippen molar-refractivity contribution in [3.8, 4) is 0 Å². The molecule has 1 atom stereocenters. The molecule has 0 aliphatic carbocycles. The normalized spacial score (nSPS) is 11.9. The highest BCUT2D eigenvalue weighted by atomic mass is 32.2. The summed E-state index contributed by atoms with van der Waals surface area (Å²) in [6.07, 6.45) is -0.908. The molecule has 0 radical (unpaired) electrons. The Morgan fingerprint density at radius 1 is 0.643 bits per heavy atom. The average molecular weight is 763 g/mol. The summed E-state index contributed by atoms with van der Waals surface area (Å²) in [4.78, 5) is 56.5. The van der Waals surface area contributed by atoms with E-state index in [4.69, 9.17) is 4.74 Å². The molecule has 0 heterocycles. The highest BCUT2D eigenvalue weighted by molar-refractivity contribution is 8.00. The Morgan fingerprint density at radius 3 is 1.54 bits per heavy atom. The first-order chi connectivity index (χ1) is 27.0. The van der Waals surface area contributed by atoms with E-state index in [9.17, 15) is 24.3 Å². The largest absolute Gasteiger partial charge is 0.480 e. The molecule has 0 spiro atoms. The van der Waals surface area contributed by atoms with Crippen LogP contribution in [0.15, 0.2) is 170 Å². The summed E-state index contributed by atoms with van der Waals surface area (Å²) in [5.41, 5.74) is 2.86. The van der Waals surface area contributed by atoms with Crippen LogP contribution in [-0.2, 0) is 14.3 Å². The molecule has 6 rings (SSSR count). The maximum atomic E-state index is 14.3. The van der Waals surface area contributed by atoms with E-state index >= 15 is 0 Å². The van der Waals surface area contributed by atoms with Gasteiger partial charge in [0.15, 0.2) is 5.78 Å². The molecular formula is C47H42N2O6S. The number of aliphatic carboxylic acids is 1. The predicted molar refractivity (Wildman–Crippen MR) is 223 cm³/mol. The van der Waals surface area contributed by atoms with Gasteiger partial charge in [-0.1, -0.05) is 140 Å². The van der Waals surface area contributed by atoms with Crippen molar-refractivity contribution in [3.05, 3.63) is 203 Å². The van der Waals surface area contributed by atoms with Gasteiger partial charge in [-0.15, -0.1) is 11.8 Å². The minimum atomic E-state index is -1.48. The van der Waals surface area contributed by atoms with Crippen LogP contribution in [0.4, 0.5) is 16.2 Å². The van der Waals surface area contributed by atoms with Crippen LogP contribution in [0.5, 0.6) is 0 Å². The molecule has 0 unspecified atom stereocenters. The van der Waals surface area contributed by atoms with Crippen molar-refractivity contribution < 1.29 is 29.0 Å². The van der Waals surface area contributed by atoms with Gasteiger partial charge in [0.05, 0.1) is 10.4 Å². The number of carbonyl (C=O) groups is 4. The van der Waals surface area contributed by atoms with Gasteiger partial charge in [-0.2, -0.15) is 0 Å². The number of ether oxygens (including phenoxy) is 1. The number of benzene rings is 6. The molecule has 0 fully saturated rings. The SMILES string of the molecule is CC(C)(C)OC(=O)N(c1ccc(NC(=O)c2ccccc2)c(C(=O)c2ccccc2)c1)[C@@H](CSC(c1ccccc1)(c1ccccc1)c1ccccc1)C(=O)O. The third-order valence-electron chi connectivity index (χ3n) is 9.03. The van der Waals surface area contributed by atoms with E-state index in [0.717, 1.165) is 21.6 Å². The number of nitrogens with zero attached hydrogens (tertiary/aromatic N) is 1. The van der Waals surface area contributed by atoms with Gasteiger partial charge < -0.3 is 15.2 Å². The topological polar surface area (TPSA) is 113 Å². The minimum absolute atomic E-state index is 0.0653. The van der Waals surface area contributed by atoms with Gasteiger partial charge in [-0.3, -0.25) is 14.5 Å². The zero-order valence-corrected chi connectivity index (χ0v) is 32.1. The van der Waals surface area contributed by atoms with Crippen LogP contribution in [0.1, 0.15) is 63.7 Å². The first-order valence-corrected chi connectivity index (χ1v) is 19.1. The maximum Gasteiger partial charge on any atom is 0.415 e. The Kier molecular flexibility index (Phi) is 12.2. The molecule has 9 heteroatoms. The second-order valence-corrected chi connectivity index (χ2v) is 15.3. The summed E-state index contributed by atoms with van der Waals surface area (Å²) in [6.45, 7) is 5.10. The van der Waals surface area contributed by atoms with Crippen LogP contribution in [0.2, 0.25) is 0 Å². The molecule has 56 heavy (non-hydrogen) atoms. The Labute approximate surface area is 331 Å². The van der Waals surface area contributed by atoms with E-state index in [-0.39, 0.29) is 22.7 Å². The Bertz CT molecular complexity index is 2180. The van der Waals surface area contributed by atoms with Crippen molar-refractivity contribution in [2.24, 2.45) is 0 Å². The van der Waals surface area contributed by atoms with Crippen LogP contribution >= 0.6 is 11.8 Å². The fraction of sp³-hybridized carbons (Fsp3) is 0.149. The summed E-state index contributed by atoms with van der Waals surface area (Å²) in [5.74, 6) is -2.24. The van der Waals surface area contributed by atoms with E-state index in [1.165, 1.54) is 30.0 Å². The van der Waals surface area contributed by atoms with Gasteiger partial charge in [0.25, 0.3) is 5.91 Å². The van der Waals surface area contributed by atoms with E-state index in [1.807, 2.05) is 91.0 Å². The molecule has 282 valence electrons. The number of hydrogen-bond acceptors (Lipinski definition) is 6. The number of nitrogens with one attached hydrogen (secondary N) is 1. The summed E-state index contributed by atoms with van der Waals surface area (Å²) in [5, 5.41) is 13.9. The van der Waals surface area contributed by atoms with Crippen molar-refractivity contribution >= 4 is 46.9 Å². The van der Waals surface area contributed by atoms with Gasteiger partial charge in [-0.25, -0.2) is 9.59 Å². The third-order valence-corrected chi connectivity index (χ3v) is 10.7. The number of carbonyl (C=O) groups excluding carboxylic acids is 3. The summed E-state index contributed by atoms with van der Waals surface area (Å²) < 4.78 is 4.98. The van der Waals surface area contributed by atoms with Crippen molar-refractivity contribution in [1.29, 1.82) is 0 Å². The van der Waals surface area contributed by atoms with Gasteiger partial charge in [0.1, 0.15) is 11.6 Å². The fourth-order valence-electron chi connectivity index (χ4n) is 6.46. The molecule has 2 N–H and O–H groups in total. The zero-order valence-electron chi connectivity index (χ0n) is 31.3. The van der Waals surface area contributed by atoms with E-state index in [0.29, 0.717) is 11.1 Å². The van der Waals surface area contributed by atoms with Gasteiger partial charge >= 0.3 is 12.1 Å². The van der Waals surface area contributed by atoms with Gasteiger partial charge in [0.2, 0.25) is 0 Å². The maximum absolute atomic E-state index is 14.3. The number of carboxylic acids is 1. The molecular weight excluding hydrogens is 721 g/mol. The number of anilines is 2. The number of rotatable bonds is 13. The van der Waals surface area contributed by atoms with E-state index < -0.39 is 40.1 Å². The Morgan fingerprint density at radius 2 is 1.09 bits per heavy atom. The fourth-order valence-corrected chi connectivity index (χ4v) is 8.07.